The molecule has 0 aromatic heterocycles. The number of fused-ring (bicyclic) bond motifs is 1. The van der Waals surface area contributed by atoms with Gasteiger partial charge in [0.1, 0.15) is 17.7 Å². The first-order valence-electron chi connectivity index (χ1n) is 17.3. The van der Waals surface area contributed by atoms with Crippen LogP contribution in [0.2, 0.25) is 0 Å². The summed E-state index contributed by atoms with van der Waals surface area (Å²) in [6, 6.07) is 7.49. The van der Waals surface area contributed by atoms with E-state index in [1.165, 1.54) is 4.90 Å². The number of unbranched alkanes of at least 4 members (excludes halogenated alkanes) is 2. The molecule has 2 N–H and O–H groups in total. The average Bonchev–Trinajstić information content (AvgIpc) is 3.67. The third-order valence-corrected chi connectivity index (χ3v) is 10.6. The van der Waals surface area contributed by atoms with Crippen LogP contribution in [-0.4, -0.2) is 93.5 Å². The van der Waals surface area contributed by atoms with Crippen molar-refractivity contribution in [1.29, 1.82) is 0 Å². The predicted octanol–water partition coefficient (Wildman–Crippen LogP) is 4.71. The minimum Gasteiger partial charge on any atom is -0.455 e. The summed E-state index contributed by atoms with van der Waals surface area (Å²) in [5, 5.41) is 13.5. The largest absolute Gasteiger partial charge is 0.455 e. The highest BCUT2D eigenvalue weighted by molar-refractivity contribution is 9.09. The number of hydrogen-bond donors (Lipinski definition) is 2. The van der Waals surface area contributed by atoms with Crippen molar-refractivity contribution in [2.24, 2.45) is 17.8 Å². The van der Waals surface area contributed by atoms with E-state index < -0.39 is 47.7 Å². The molecule has 2 bridgehead atoms. The van der Waals surface area contributed by atoms with Crippen LogP contribution in [0, 0.1) is 17.8 Å². The molecule has 3 fully saturated rings. The number of carbonyl (C=O) groups is 4. The predicted molar refractivity (Wildman–Crippen MR) is 187 cm³/mol. The average molecular weight is 731 g/mol. The van der Waals surface area contributed by atoms with Crippen LogP contribution in [0.4, 0.5) is 0 Å². The van der Waals surface area contributed by atoms with Gasteiger partial charge >= 0.3 is 5.97 Å². The van der Waals surface area contributed by atoms with E-state index >= 15 is 0 Å². The molecule has 0 radical (unpaired) electrons. The van der Waals surface area contributed by atoms with E-state index in [9.17, 15) is 24.3 Å². The summed E-state index contributed by atoms with van der Waals surface area (Å²) < 4.78 is 12.9. The van der Waals surface area contributed by atoms with Crippen molar-refractivity contribution in [2.45, 2.75) is 100 Å². The van der Waals surface area contributed by atoms with Crippen LogP contribution in [0.15, 0.2) is 55.6 Å². The monoisotopic (exact) mass is 729 g/mol. The highest BCUT2D eigenvalue weighted by Crippen LogP contribution is 2.61. The number of carbonyl (C=O) groups excluding carboxylic acids is 4. The zero-order valence-electron chi connectivity index (χ0n) is 28.5. The van der Waals surface area contributed by atoms with E-state index in [0.29, 0.717) is 37.9 Å². The van der Waals surface area contributed by atoms with Crippen LogP contribution in [0.5, 0.6) is 0 Å². The second-order valence-electron chi connectivity index (χ2n) is 13.6. The molecule has 3 heterocycles. The number of nitrogens with one attached hydrogen (secondary N) is 1. The van der Waals surface area contributed by atoms with Crippen molar-refractivity contribution in [3.8, 4) is 0 Å². The lowest BCUT2D eigenvalue weighted by atomic mass is 9.70. The minimum atomic E-state index is -1.29. The summed E-state index contributed by atoms with van der Waals surface area (Å²) in [6.07, 6.45) is 6.17. The lowest BCUT2D eigenvalue weighted by Crippen LogP contribution is -2.59. The lowest BCUT2D eigenvalue weighted by Gasteiger charge is -2.39. The summed E-state index contributed by atoms with van der Waals surface area (Å²) in [5.74, 6) is -3.29. The van der Waals surface area contributed by atoms with Gasteiger partial charge in [-0.2, -0.15) is 0 Å². The zero-order valence-corrected chi connectivity index (χ0v) is 30.1. The van der Waals surface area contributed by atoms with Gasteiger partial charge in [-0.3, -0.25) is 19.2 Å². The number of aliphatic hydroxyl groups excluding tert-OH is 1. The number of ether oxygens (including phenoxy) is 2. The summed E-state index contributed by atoms with van der Waals surface area (Å²) in [6.45, 7) is 14.2. The van der Waals surface area contributed by atoms with E-state index in [4.69, 9.17) is 9.47 Å². The number of halogens is 1. The molecule has 264 valence electrons. The Labute approximate surface area is 293 Å². The van der Waals surface area contributed by atoms with Gasteiger partial charge < -0.3 is 29.7 Å². The topological polar surface area (TPSA) is 125 Å². The number of rotatable bonds is 19. The van der Waals surface area contributed by atoms with Crippen LogP contribution in [0.3, 0.4) is 0 Å². The van der Waals surface area contributed by atoms with E-state index in [1.54, 1.807) is 17.1 Å². The molecular weight excluding hydrogens is 678 g/mol. The van der Waals surface area contributed by atoms with Gasteiger partial charge in [-0.05, 0) is 37.2 Å². The highest BCUT2D eigenvalue weighted by atomic mass is 79.9. The fraction of sp³-hybridized carbons (Fsp3) is 0.622. The summed E-state index contributed by atoms with van der Waals surface area (Å²) >= 11 is 3.73. The van der Waals surface area contributed by atoms with E-state index in [0.717, 1.165) is 19.3 Å². The number of allylic oxidation sites excluding steroid dienone is 1. The molecule has 4 rings (SSSR count). The van der Waals surface area contributed by atoms with Crippen molar-refractivity contribution < 1.29 is 33.8 Å². The molecule has 1 aromatic carbocycles. The Hall–Kier alpha value is -3.02. The third-order valence-electron chi connectivity index (χ3n) is 9.76. The molecule has 48 heavy (non-hydrogen) atoms. The van der Waals surface area contributed by atoms with Gasteiger partial charge in [-0.25, -0.2) is 0 Å². The number of benzene rings is 1. The standard InChI is InChI=1S/C37H52BrN3O7/c1-6-9-14-19-40(18-8-3)35(45)33-37-21-27(38)32(48-37)30(31(37)34(44)41(33)26(23-42)20-24(4)5)36(46)47-28(25-15-12-11-13-16-25)22-39-29(43)17-10-7-2/h7-8,11-13,15-16,24,26-28,30-33,42H,2-3,6,9-10,14,17-23H2,1,4-5H3,(H,39,43)/t26-,27?,28+,30-,31+,32-,33-,37+/m1/s1. The lowest BCUT2D eigenvalue weighted by molar-refractivity contribution is -0.161. The van der Waals surface area contributed by atoms with Crippen LogP contribution >= 0.6 is 15.9 Å². The molecule has 10 nitrogen and oxygen atoms in total. The number of amides is 3. The molecule has 1 aromatic rings. The first-order chi connectivity index (χ1) is 23.0. The van der Waals surface area contributed by atoms with Gasteiger partial charge in [0.05, 0.1) is 37.1 Å². The molecule has 0 saturated carbocycles. The second kappa shape index (κ2) is 17.1. The Morgan fingerprint density at radius 2 is 1.94 bits per heavy atom. The summed E-state index contributed by atoms with van der Waals surface area (Å²) in [4.78, 5) is 59.0. The Morgan fingerprint density at radius 3 is 2.56 bits per heavy atom. The number of aliphatic hydroxyl groups is 1. The fourth-order valence-corrected chi connectivity index (χ4v) is 8.59. The normalized spacial score (nSPS) is 27.0. The number of alkyl halides is 1. The van der Waals surface area contributed by atoms with Crippen LogP contribution in [0.1, 0.15) is 77.4 Å². The first kappa shape index (κ1) is 37.8. The van der Waals surface area contributed by atoms with Crippen LogP contribution in [-0.2, 0) is 28.7 Å². The van der Waals surface area contributed by atoms with Gasteiger partial charge in [0.2, 0.25) is 17.7 Å². The number of likely N-dealkylation sites (tertiary alicyclic amines) is 1. The fourth-order valence-electron chi connectivity index (χ4n) is 7.64. The van der Waals surface area contributed by atoms with E-state index in [2.05, 4.69) is 41.3 Å². The number of esters is 1. The van der Waals surface area contributed by atoms with Gasteiger partial charge in [-0.1, -0.05) is 92.0 Å². The molecule has 3 amide bonds. The maximum absolute atomic E-state index is 14.7. The van der Waals surface area contributed by atoms with Gasteiger partial charge in [0.25, 0.3) is 0 Å². The van der Waals surface area contributed by atoms with Gasteiger partial charge in [0.15, 0.2) is 0 Å². The van der Waals surface area contributed by atoms with Crippen molar-refractivity contribution >= 4 is 39.6 Å². The molecule has 3 saturated heterocycles. The van der Waals surface area contributed by atoms with E-state index in [-0.39, 0.29) is 48.0 Å². The molecule has 1 spiro atoms. The SMILES string of the molecule is C=CCCC(=O)NC[C@H](OC(=O)[C@H]1[C@@H]2O[C@@]3(CC2Br)[C@@H]1C(=O)N([C@@H](CO)CC(C)C)[C@@H]3C(=O)N(CC=C)CCCCC)c1ccccc1. The quantitative estimate of drug-likeness (QED) is 0.0915. The van der Waals surface area contributed by atoms with Crippen LogP contribution in [0.25, 0.3) is 0 Å². The van der Waals surface area contributed by atoms with Crippen molar-refractivity contribution in [2.75, 3.05) is 26.2 Å². The van der Waals surface area contributed by atoms with Crippen molar-refractivity contribution in [3.63, 3.8) is 0 Å². The molecule has 1 unspecified atom stereocenters. The first-order valence-corrected chi connectivity index (χ1v) is 18.2. The number of nitrogens with zero attached hydrogens (tertiary/aromatic N) is 2. The molecule has 11 heteroatoms. The Kier molecular flexibility index (Phi) is 13.4. The Balaban J connectivity index is 1.70. The molecular formula is C37H52BrN3O7. The summed E-state index contributed by atoms with van der Waals surface area (Å²) in [5.41, 5.74) is -0.590. The maximum Gasteiger partial charge on any atom is 0.313 e. The van der Waals surface area contributed by atoms with Gasteiger partial charge in [0, 0.05) is 24.3 Å². The van der Waals surface area contributed by atoms with E-state index in [1.807, 2.05) is 44.2 Å². The summed E-state index contributed by atoms with van der Waals surface area (Å²) in [7, 11) is 0. The second-order valence-corrected chi connectivity index (χ2v) is 14.8. The highest BCUT2D eigenvalue weighted by Gasteiger charge is 2.77. The molecule has 3 aliphatic heterocycles. The Bertz CT molecular complexity index is 1310. The third kappa shape index (κ3) is 7.89. The van der Waals surface area contributed by atoms with Crippen LogP contribution < -0.4 is 5.32 Å². The smallest absolute Gasteiger partial charge is 0.313 e. The molecule has 0 aliphatic carbocycles. The molecule has 3 aliphatic rings. The number of hydrogen-bond acceptors (Lipinski definition) is 7. The Morgan fingerprint density at radius 1 is 1.21 bits per heavy atom. The van der Waals surface area contributed by atoms with Crippen molar-refractivity contribution in [1.82, 2.24) is 15.1 Å². The van der Waals surface area contributed by atoms with Crippen molar-refractivity contribution in [3.05, 3.63) is 61.2 Å². The molecule has 8 atom stereocenters. The van der Waals surface area contributed by atoms with Gasteiger partial charge in [-0.15, -0.1) is 13.2 Å². The zero-order chi connectivity index (χ0) is 35.0. The minimum absolute atomic E-state index is 0.0496. The maximum atomic E-state index is 14.7.